The molecule has 3 aromatic carbocycles. The van der Waals surface area contributed by atoms with Crippen molar-refractivity contribution in [3.8, 4) is 16.9 Å². The summed E-state index contributed by atoms with van der Waals surface area (Å²) in [5.74, 6) is -0.109. The van der Waals surface area contributed by atoms with E-state index in [9.17, 15) is 4.39 Å². The Morgan fingerprint density at radius 1 is 1.15 bits per heavy atom. The summed E-state index contributed by atoms with van der Waals surface area (Å²) in [6.45, 7) is 2.38. The van der Waals surface area contributed by atoms with E-state index < -0.39 is 0 Å². The molecule has 1 aromatic heterocycles. The maximum Gasteiger partial charge on any atom is 0.165 e. The summed E-state index contributed by atoms with van der Waals surface area (Å²) >= 11 is 0. The number of nitrogens with zero attached hydrogens (tertiary/aromatic N) is 2. The van der Waals surface area contributed by atoms with E-state index in [4.69, 9.17) is 6.02 Å². The van der Waals surface area contributed by atoms with Crippen LogP contribution >= 0.6 is 9.34 Å². The van der Waals surface area contributed by atoms with Crippen LogP contribution in [0.1, 0.15) is 18.1 Å². The molecule has 4 rings (SSSR count). The average Bonchev–Trinajstić information content (AvgIpc) is 3.15. The van der Waals surface area contributed by atoms with Gasteiger partial charge in [-0.3, -0.25) is 4.45 Å². The molecule has 0 aliphatic carbocycles. The number of aromatic nitrogens is 2. The highest BCUT2D eigenvalue weighted by molar-refractivity contribution is 7.14. The summed E-state index contributed by atoms with van der Waals surface area (Å²) in [6, 6.07) is 19.0. The first-order valence-electron chi connectivity index (χ1n) is 9.34. The molecule has 136 valence electrons. The second-order valence-corrected chi connectivity index (χ2v) is 6.82. The first kappa shape index (κ1) is 16.5. The van der Waals surface area contributed by atoms with Gasteiger partial charge >= 0.3 is 0 Å². The smallest absolute Gasteiger partial charge is 0.165 e. The third kappa shape index (κ3) is 3.58. The van der Waals surface area contributed by atoms with Crippen LogP contribution < -0.4 is 4.74 Å². The van der Waals surface area contributed by atoms with Crippen LogP contribution in [0.2, 0.25) is 0 Å². The van der Waals surface area contributed by atoms with Crippen LogP contribution in [0, 0.1) is 5.82 Å². The Morgan fingerprint density at radius 3 is 2.78 bits per heavy atom. The lowest BCUT2D eigenvalue weighted by molar-refractivity contribution is 0.290. The van der Waals surface area contributed by atoms with Gasteiger partial charge in [-0.2, -0.15) is 5.10 Å². The Morgan fingerprint density at radius 2 is 2.00 bits per heavy atom. The summed E-state index contributed by atoms with van der Waals surface area (Å²) in [4.78, 5) is 0. The molecule has 1 heterocycles. The number of hydrogen-bond donors (Lipinski definition) is 0. The number of fused-ring (bicyclic) bond motifs is 1. The van der Waals surface area contributed by atoms with Gasteiger partial charge in [0, 0.05) is 5.39 Å². The number of halogens is 1. The van der Waals surface area contributed by atoms with Crippen molar-refractivity contribution >= 4 is 20.2 Å². The van der Waals surface area contributed by atoms with Crippen LogP contribution in [0.4, 0.5) is 4.39 Å². The molecule has 4 aromatic rings. The maximum atomic E-state index is 14.8. The lowest BCUT2D eigenvalue weighted by Gasteiger charge is -2.14. The topological polar surface area (TPSA) is 27.1 Å². The molecular weight excluding hydrogens is 358 g/mol. The van der Waals surface area contributed by atoms with E-state index in [1.165, 1.54) is 0 Å². The summed E-state index contributed by atoms with van der Waals surface area (Å²) in [7, 11) is -0.197. The normalized spacial score (nSPS) is 12.0. The largest absolute Gasteiger partial charge is 0.486 e. The third-order valence-electron chi connectivity index (χ3n) is 4.66. The van der Waals surface area contributed by atoms with Crippen molar-refractivity contribution in [2.24, 2.45) is 0 Å². The van der Waals surface area contributed by atoms with Gasteiger partial charge in [0.05, 0.1) is 13.0 Å². The van der Waals surface area contributed by atoms with Gasteiger partial charge in [0.1, 0.15) is 6.61 Å². The molecule has 0 amide bonds. The van der Waals surface area contributed by atoms with Gasteiger partial charge in [-0.15, -0.1) is 0 Å². The van der Waals surface area contributed by atoms with E-state index in [0.717, 1.165) is 39.6 Å². The summed E-state index contributed by atoms with van der Waals surface area (Å²) in [5.41, 5.74) is 4.66. The Kier molecular flexibility index (Phi) is 4.57. The van der Waals surface area contributed by atoms with Crippen LogP contribution in [0.15, 0.2) is 66.9 Å². The zero-order valence-electron chi connectivity index (χ0n) is 15.9. The average molecular weight is 380 g/mol. The molecule has 0 fully saturated rings. The standard InChI is InChI=1S/C22H20FN2OP/c1-2-16-11-22(26-14-15-6-4-3-5-7-15)20(23)12-19(16)17-8-9-18-13-24-25(27)21(18)10-17/h3-13H,2,14,27H2,1H3/i27T. The predicted molar refractivity (Wildman–Crippen MR) is 110 cm³/mol. The minimum absolute atomic E-state index is 0.197. The highest BCUT2D eigenvalue weighted by atomic mass is 31.0. The number of rotatable bonds is 6. The molecular formula is C22H20FN2OP. The van der Waals surface area contributed by atoms with Gasteiger partial charge in [0.15, 0.2) is 11.6 Å². The molecule has 1 atom stereocenters. The second kappa shape index (κ2) is 7.50. The van der Waals surface area contributed by atoms with Crippen molar-refractivity contribution in [3.63, 3.8) is 0 Å². The molecule has 0 radical (unpaired) electrons. The zero-order valence-corrected chi connectivity index (χ0v) is 15.9. The number of benzene rings is 3. The van der Waals surface area contributed by atoms with E-state index in [1.807, 2.05) is 55.5 Å². The first-order chi connectivity index (χ1) is 13.7. The SMILES string of the molecule is [3H]Pn1ncc2ccc(-c3cc(F)c(OCc4ccccc4)cc3CC)cc21. The third-order valence-corrected chi connectivity index (χ3v) is 5.01. The molecule has 0 aliphatic rings. The van der Waals surface area contributed by atoms with E-state index in [0.29, 0.717) is 6.61 Å². The summed E-state index contributed by atoms with van der Waals surface area (Å²) in [5, 5.41) is 5.20. The van der Waals surface area contributed by atoms with Crippen molar-refractivity contribution in [3.05, 3.63) is 83.8 Å². The highest BCUT2D eigenvalue weighted by Crippen LogP contribution is 2.33. The lowest BCUT2D eigenvalue weighted by Crippen LogP contribution is -2.00. The molecule has 0 saturated heterocycles. The maximum absolute atomic E-state index is 14.8. The van der Waals surface area contributed by atoms with Crippen molar-refractivity contribution in [2.45, 2.75) is 20.0 Å². The lowest BCUT2D eigenvalue weighted by atomic mass is 9.97. The summed E-state index contributed by atoms with van der Waals surface area (Å²) < 4.78 is 29.8. The van der Waals surface area contributed by atoms with E-state index >= 15 is 0 Å². The van der Waals surface area contributed by atoms with Gasteiger partial charge in [-0.05, 0) is 56.2 Å². The van der Waals surface area contributed by atoms with Gasteiger partial charge in [0.25, 0.3) is 0 Å². The number of ether oxygens (including phenoxy) is 1. The molecule has 0 spiro atoms. The monoisotopic (exact) mass is 380 g/mol. The molecule has 0 N–H and O–H groups in total. The predicted octanol–water partition coefficient (Wildman–Crippen LogP) is 5.62. The van der Waals surface area contributed by atoms with Crippen LogP contribution in [-0.2, 0) is 13.0 Å². The number of hydrogen-bond acceptors (Lipinski definition) is 2. The molecule has 27 heavy (non-hydrogen) atoms. The zero-order chi connectivity index (χ0) is 19.5. The van der Waals surface area contributed by atoms with E-state index in [2.05, 4.69) is 5.10 Å². The second-order valence-electron chi connectivity index (χ2n) is 6.40. The van der Waals surface area contributed by atoms with Crippen LogP contribution in [-0.4, -0.2) is 10.8 Å². The first-order valence-corrected chi connectivity index (χ1v) is 9.29. The molecule has 1 unspecified atom stereocenters. The molecule has 3 nitrogen and oxygen atoms in total. The van der Waals surface area contributed by atoms with Crippen LogP contribution in [0.5, 0.6) is 5.75 Å². The molecule has 0 saturated carbocycles. The van der Waals surface area contributed by atoms with Gasteiger partial charge in [-0.25, -0.2) is 4.39 Å². The molecule has 5 heteroatoms. The van der Waals surface area contributed by atoms with Crippen molar-refractivity contribution in [1.82, 2.24) is 9.55 Å². The Hall–Kier alpha value is -2.71. The summed E-state index contributed by atoms with van der Waals surface area (Å²) in [6.07, 6.45) is 2.51. The fraction of sp³-hybridized carbons (Fsp3) is 0.136. The van der Waals surface area contributed by atoms with Crippen LogP contribution in [0.25, 0.3) is 22.0 Å². The Labute approximate surface area is 161 Å². The minimum Gasteiger partial charge on any atom is -0.486 e. The molecule has 0 bridgehead atoms. The Balaban J connectivity index is 1.69. The highest BCUT2D eigenvalue weighted by Gasteiger charge is 2.13. The van der Waals surface area contributed by atoms with E-state index in [-0.39, 0.29) is 20.9 Å². The van der Waals surface area contributed by atoms with Crippen molar-refractivity contribution < 1.29 is 9.13 Å². The van der Waals surface area contributed by atoms with Crippen LogP contribution in [0.3, 0.4) is 0 Å². The van der Waals surface area contributed by atoms with Gasteiger partial charge in [0.2, 0.25) is 0 Å². The van der Waals surface area contributed by atoms with Gasteiger partial charge in [-0.1, -0.05) is 49.4 Å². The van der Waals surface area contributed by atoms with Gasteiger partial charge < -0.3 is 4.74 Å². The van der Waals surface area contributed by atoms with Crippen molar-refractivity contribution in [2.75, 3.05) is 0 Å². The van der Waals surface area contributed by atoms with Crippen molar-refractivity contribution in [1.29, 1.82) is 1.28 Å². The minimum atomic E-state index is -0.376. The fourth-order valence-electron chi connectivity index (χ4n) is 3.19. The quantitative estimate of drug-likeness (QED) is 0.406. The number of aryl methyl sites for hydroxylation is 1. The molecule has 0 aliphatic heterocycles. The van der Waals surface area contributed by atoms with E-state index in [1.54, 1.807) is 22.8 Å². The Bertz CT molecular complexity index is 1110. The fourth-order valence-corrected chi connectivity index (χ4v) is 3.44.